The molecule has 0 unspecified atom stereocenters. The topological polar surface area (TPSA) is 83.0 Å². The van der Waals surface area contributed by atoms with E-state index in [1.165, 1.54) is 4.68 Å². The zero-order valence-electron chi connectivity index (χ0n) is 16.3. The van der Waals surface area contributed by atoms with Crippen LogP contribution >= 0.6 is 11.6 Å². The molecule has 0 N–H and O–H groups in total. The first-order valence-corrected chi connectivity index (χ1v) is 9.78. The van der Waals surface area contributed by atoms with E-state index in [-0.39, 0.29) is 11.4 Å². The molecular weight excluding hydrogens is 416 g/mol. The first kappa shape index (κ1) is 19.0. The lowest BCUT2D eigenvalue weighted by atomic mass is 10.1. The summed E-state index contributed by atoms with van der Waals surface area (Å²) in [6.07, 6.45) is 0. The number of benzene rings is 3. The quantitative estimate of drug-likeness (QED) is 0.408. The van der Waals surface area contributed by atoms with Crippen LogP contribution in [0.1, 0.15) is 0 Å². The van der Waals surface area contributed by atoms with Crippen LogP contribution in [0.4, 0.5) is 0 Å². The predicted molar refractivity (Wildman–Crippen MR) is 118 cm³/mol. The van der Waals surface area contributed by atoms with E-state index in [0.717, 1.165) is 5.56 Å². The Labute approximate surface area is 181 Å². The summed E-state index contributed by atoms with van der Waals surface area (Å²) in [7, 11) is 1.58. The molecule has 152 valence electrons. The van der Waals surface area contributed by atoms with Crippen LogP contribution in [0, 0.1) is 0 Å². The van der Waals surface area contributed by atoms with Gasteiger partial charge < -0.3 is 9.26 Å². The van der Waals surface area contributed by atoms with Crippen molar-refractivity contribution in [1.82, 2.24) is 19.9 Å². The molecule has 0 aliphatic heterocycles. The minimum Gasteiger partial charge on any atom is -0.497 e. The van der Waals surface area contributed by atoms with Crippen molar-refractivity contribution < 1.29 is 9.26 Å². The number of fused-ring (bicyclic) bond motifs is 1. The Bertz CT molecular complexity index is 1460. The summed E-state index contributed by atoms with van der Waals surface area (Å²) in [6, 6.07) is 21.4. The van der Waals surface area contributed by atoms with Gasteiger partial charge in [-0.15, -0.1) is 0 Å². The number of halogens is 1. The van der Waals surface area contributed by atoms with Gasteiger partial charge in [0.05, 0.1) is 18.2 Å². The molecule has 31 heavy (non-hydrogen) atoms. The molecule has 0 saturated carbocycles. The molecule has 0 radical (unpaired) electrons. The van der Waals surface area contributed by atoms with Gasteiger partial charge in [-0.3, -0.25) is 4.79 Å². The summed E-state index contributed by atoms with van der Waals surface area (Å²) < 4.78 is 12.0. The average Bonchev–Trinajstić information content (AvgIpc) is 3.30. The molecule has 5 rings (SSSR count). The molecule has 8 heteroatoms. The molecule has 0 aliphatic rings. The first-order chi connectivity index (χ1) is 15.1. The number of nitrogens with zero attached hydrogens (tertiary/aromatic N) is 4. The minimum absolute atomic E-state index is 0.202. The zero-order chi connectivity index (χ0) is 21.4. The Morgan fingerprint density at radius 1 is 0.968 bits per heavy atom. The van der Waals surface area contributed by atoms with E-state index < -0.39 is 0 Å². The number of rotatable bonds is 4. The molecule has 5 aromatic rings. The van der Waals surface area contributed by atoms with Crippen molar-refractivity contribution in [2.24, 2.45) is 0 Å². The van der Waals surface area contributed by atoms with E-state index in [1.807, 2.05) is 18.2 Å². The fourth-order valence-electron chi connectivity index (χ4n) is 3.31. The Morgan fingerprint density at radius 3 is 2.48 bits per heavy atom. The third-order valence-electron chi connectivity index (χ3n) is 4.83. The molecule has 0 atom stereocenters. The maximum absolute atomic E-state index is 13.1. The van der Waals surface area contributed by atoms with Crippen LogP contribution in [-0.2, 0) is 0 Å². The van der Waals surface area contributed by atoms with Crippen LogP contribution in [0.15, 0.2) is 82.1 Å². The lowest BCUT2D eigenvalue weighted by molar-refractivity contribution is 0.414. The monoisotopic (exact) mass is 430 g/mol. The van der Waals surface area contributed by atoms with Gasteiger partial charge in [-0.1, -0.05) is 47.1 Å². The minimum atomic E-state index is -0.251. The van der Waals surface area contributed by atoms with Crippen molar-refractivity contribution in [2.45, 2.75) is 0 Å². The SMILES string of the molecule is COc1ccc(-n2nc(-c3nc(-c4cccc(Cl)c4)no3)c3ccccc3c2=O)cc1. The zero-order valence-corrected chi connectivity index (χ0v) is 17.1. The fraction of sp³-hybridized carbons (Fsp3) is 0.0435. The van der Waals surface area contributed by atoms with Crippen molar-refractivity contribution >= 4 is 22.4 Å². The fourth-order valence-corrected chi connectivity index (χ4v) is 3.50. The molecule has 0 bridgehead atoms. The van der Waals surface area contributed by atoms with Gasteiger partial charge in [0.1, 0.15) is 5.75 Å². The van der Waals surface area contributed by atoms with Crippen LogP contribution < -0.4 is 10.3 Å². The van der Waals surface area contributed by atoms with Gasteiger partial charge in [-0.2, -0.15) is 14.8 Å². The third-order valence-corrected chi connectivity index (χ3v) is 5.07. The summed E-state index contributed by atoms with van der Waals surface area (Å²) in [5.74, 6) is 1.26. The van der Waals surface area contributed by atoms with Crippen LogP contribution in [0.2, 0.25) is 5.02 Å². The van der Waals surface area contributed by atoms with E-state index in [9.17, 15) is 4.79 Å². The molecule has 0 amide bonds. The molecule has 0 fully saturated rings. The van der Waals surface area contributed by atoms with E-state index in [4.69, 9.17) is 20.9 Å². The van der Waals surface area contributed by atoms with Crippen molar-refractivity contribution in [3.05, 3.63) is 88.2 Å². The molecule has 7 nitrogen and oxygen atoms in total. The number of hydrogen-bond acceptors (Lipinski definition) is 6. The largest absolute Gasteiger partial charge is 0.497 e. The second-order valence-electron chi connectivity index (χ2n) is 6.74. The summed E-state index contributed by atoms with van der Waals surface area (Å²) >= 11 is 6.08. The van der Waals surface area contributed by atoms with Gasteiger partial charge in [0.25, 0.3) is 11.4 Å². The highest BCUT2D eigenvalue weighted by Gasteiger charge is 2.19. The smallest absolute Gasteiger partial charge is 0.279 e. The molecule has 3 aromatic carbocycles. The molecule has 0 saturated heterocycles. The van der Waals surface area contributed by atoms with Gasteiger partial charge in [0.15, 0.2) is 5.69 Å². The van der Waals surface area contributed by atoms with Crippen molar-refractivity contribution in [3.8, 4) is 34.4 Å². The Hall–Kier alpha value is -3.97. The highest BCUT2D eigenvalue weighted by atomic mass is 35.5. The average molecular weight is 431 g/mol. The van der Waals surface area contributed by atoms with Gasteiger partial charge in [0, 0.05) is 16.0 Å². The lowest BCUT2D eigenvalue weighted by Gasteiger charge is -2.09. The highest BCUT2D eigenvalue weighted by Crippen LogP contribution is 2.27. The van der Waals surface area contributed by atoms with Crippen LogP contribution in [-0.4, -0.2) is 27.0 Å². The number of hydrogen-bond donors (Lipinski definition) is 0. The van der Waals surface area contributed by atoms with Gasteiger partial charge in [-0.25, -0.2) is 0 Å². The Morgan fingerprint density at radius 2 is 1.74 bits per heavy atom. The molecule has 2 heterocycles. The van der Waals surface area contributed by atoms with Crippen LogP contribution in [0.3, 0.4) is 0 Å². The van der Waals surface area contributed by atoms with Crippen LogP contribution in [0.5, 0.6) is 5.75 Å². The van der Waals surface area contributed by atoms with Gasteiger partial charge in [0.2, 0.25) is 5.82 Å². The summed E-state index contributed by atoms with van der Waals surface area (Å²) in [5, 5.41) is 10.3. The maximum Gasteiger partial charge on any atom is 0.279 e. The second-order valence-corrected chi connectivity index (χ2v) is 7.18. The highest BCUT2D eigenvalue weighted by molar-refractivity contribution is 6.30. The molecule has 0 spiro atoms. The molecule has 0 aliphatic carbocycles. The number of ether oxygens (including phenoxy) is 1. The molecule has 2 aromatic heterocycles. The number of aromatic nitrogens is 4. The van der Waals surface area contributed by atoms with Crippen LogP contribution in [0.25, 0.3) is 39.4 Å². The summed E-state index contributed by atoms with van der Waals surface area (Å²) in [4.78, 5) is 17.6. The van der Waals surface area contributed by atoms with E-state index >= 15 is 0 Å². The summed E-state index contributed by atoms with van der Waals surface area (Å²) in [6.45, 7) is 0. The van der Waals surface area contributed by atoms with Crippen molar-refractivity contribution in [1.29, 1.82) is 0 Å². The van der Waals surface area contributed by atoms with Gasteiger partial charge in [-0.05, 0) is 42.5 Å². The maximum atomic E-state index is 13.1. The normalized spacial score (nSPS) is 11.0. The van der Waals surface area contributed by atoms with E-state index in [1.54, 1.807) is 61.7 Å². The Kier molecular flexibility index (Phi) is 4.72. The van der Waals surface area contributed by atoms with Crippen molar-refractivity contribution in [2.75, 3.05) is 7.11 Å². The first-order valence-electron chi connectivity index (χ1n) is 9.40. The van der Waals surface area contributed by atoms with Crippen molar-refractivity contribution in [3.63, 3.8) is 0 Å². The third kappa shape index (κ3) is 3.45. The molecular formula is C23H15ClN4O3. The van der Waals surface area contributed by atoms with E-state index in [0.29, 0.717) is 38.8 Å². The second kappa shape index (κ2) is 7.70. The number of methoxy groups -OCH3 is 1. The Balaban J connectivity index is 1.70. The van der Waals surface area contributed by atoms with E-state index in [2.05, 4.69) is 15.2 Å². The predicted octanol–water partition coefficient (Wildman–Crippen LogP) is 4.76. The van der Waals surface area contributed by atoms with Gasteiger partial charge >= 0.3 is 0 Å². The lowest BCUT2D eigenvalue weighted by Crippen LogP contribution is -2.22. The standard InChI is InChI=1S/C23H15ClN4O3/c1-30-17-11-9-16(10-12-17)28-23(29)19-8-3-2-7-18(19)20(26-28)22-25-21(27-31-22)14-5-4-6-15(24)13-14/h2-13H,1H3. The summed E-state index contributed by atoms with van der Waals surface area (Å²) in [5.41, 5.74) is 1.47.